The van der Waals surface area contributed by atoms with Crippen LogP contribution in [0.1, 0.15) is 79.2 Å². The summed E-state index contributed by atoms with van der Waals surface area (Å²) in [4.78, 5) is 0. The highest BCUT2D eigenvalue weighted by Gasteiger charge is 2.12. The standard InChI is InChI=1S/C18H34N2/c1-17(2,3)11-9-7-8-10-12-20-15-16(14-19-20)13-18(4,5)6/h14-15H,7-13H2,1-6H3. The van der Waals surface area contributed by atoms with Crippen LogP contribution >= 0.6 is 0 Å². The smallest absolute Gasteiger partial charge is 0.0521 e. The van der Waals surface area contributed by atoms with Crippen molar-refractivity contribution < 1.29 is 0 Å². The Labute approximate surface area is 126 Å². The predicted molar refractivity (Wildman–Crippen MR) is 87.9 cm³/mol. The molecular weight excluding hydrogens is 244 g/mol. The molecule has 0 fully saturated rings. The Morgan fingerprint density at radius 2 is 1.55 bits per heavy atom. The number of hydrogen-bond acceptors (Lipinski definition) is 1. The average molecular weight is 278 g/mol. The molecule has 1 heterocycles. The van der Waals surface area contributed by atoms with Crippen LogP contribution in [0.5, 0.6) is 0 Å². The van der Waals surface area contributed by atoms with E-state index >= 15 is 0 Å². The average Bonchev–Trinajstić information content (AvgIpc) is 2.66. The second-order valence-electron chi connectivity index (χ2n) is 8.57. The van der Waals surface area contributed by atoms with Gasteiger partial charge in [0, 0.05) is 12.7 Å². The zero-order valence-corrected chi connectivity index (χ0v) is 14.5. The SMILES string of the molecule is CC(C)(C)CCCCCCn1cc(CC(C)(C)C)cn1. The zero-order valence-electron chi connectivity index (χ0n) is 14.5. The predicted octanol–water partition coefficient (Wildman–Crippen LogP) is 5.47. The van der Waals surface area contributed by atoms with Crippen molar-refractivity contribution in [2.75, 3.05) is 0 Å². The first-order valence-corrected chi connectivity index (χ1v) is 8.17. The van der Waals surface area contributed by atoms with E-state index in [4.69, 9.17) is 0 Å². The molecular formula is C18H34N2. The lowest BCUT2D eigenvalue weighted by atomic mass is 9.89. The highest BCUT2D eigenvalue weighted by Crippen LogP contribution is 2.22. The van der Waals surface area contributed by atoms with Crippen LogP contribution in [-0.2, 0) is 13.0 Å². The Balaban J connectivity index is 2.17. The van der Waals surface area contributed by atoms with E-state index in [0.717, 1.165) is 13.0 Å². The first kappa shape index (κ1) is 17.3. The largest absolute Gasteiger partial charge is 0.272 e. The molecule has 0 atom stereocenters. The summed E-state index contributed by atoms with van der Waals surface area (Å²) in [6.45, 7) is 14.9. The minimum absolute atomic E-state index is 0.348. The van der Waals surface area contributed by atoms with Crippen LogP contribution < -0.4 is 0 Å². The normalized spacial score (nSPS) is 12.9. The molecule has 2 nitrogen and oxygen atoms in total. The number of rotatable bonds is 7. The fourth-order valence-electron chi connectivity index (χ4n) is 2.52. The van der Waals surface area contributed by atoms with Crippen LogP contribution in [0, 0.1) is 10.8 Å². The molecule has 0 N–H and O–H groups in total. The van der Waals surface area contributed by atoms with Gasteiger partial charge >= 0.3 is 0 Å². The van der Waals surface area contributed by atoms with Crippen molar-refractivity contribution in [3.8, 4) is 0 Å². The molecule has 1 aromatic heterocycles. The van der Waals surface area contributed by atoms with Gasteiger partial charge in [0.25, 0.3) is 0 Å². The molecule has 0 aromatic carbocycles. The van der Waals surface area contributed by atoms with E-state index in [9.17, 15) is 0 Å². The van der Waals surface area contributed by atoms with Crippen LogP contribution in [0.4, 0.5) is 0 Å². The van der Waals surface area contributed by atoms with Crippen LogP contribution in [0.15, 0.2) is 12.4 Å². The Bertz CT molecular complexity index is 377. The molecule has 1 aromatic rings. The summed E-state index contributed by atoms with van der Waals surface area (Å²) >= 11 is 0. The second kappa shape index (κ2) is 7.28. The van der Waals surface area contributed by atoms with E-state index in [1.54, 1.807) is 0 Å². The van der Waals surface area contributed by atoms with Crippen LogP contribution in [0.3, 0.4) is 0 Å². The summed E-state index contributed by atoms with van der Waals surface area (Å²) in [6, 6.07) is 0. The van der Waals surface area contributed by atoms with Gasteiger partial charge < -0.3 is 0 Å². The van der Waals surface area contributed by atoms with Crippen LogP contribution in [-0.4, -0.2) is 9.78 Å². The number of unbranched alkanes of at least 4 members (excludes halogenated alkanes) is 3. The molecule has 0 amide bonds. The topological polar surface area (TPSA) is 17.8 Å². The molecule has 0 aliphatic rings. The van der Waals surface area contributed by atoms with Crippen LogP contribution in [0.2, 0.25) is 0 Å². The molecule has 0 radical (unpaired) electrons. The fourth-order valence-corrected chi connectivity index (χ4v) is 2.52. The monoisotopic (exact) mass is 278 g/mol. The summed E-state index contributed by atoms with van der Waals surface area (Å²) < 4.78 is 2.12. The van der Waals surface area contributed by atoms with E-state index in [1.165, 1.54) is 37.7 Å². The maximum atomic E-state index is 4.47. The van der Waals surface area contributed by atoms with Gasteiger partial charge in [-0.3, -0.25) is 4.68 Å². The second-order valence-corrected chi connectivity index (χ2v) is 8.57. The lowest BCUT2D eigenvalue weighted by Crippen LogP contribution is -2.08. The number of aromatic nitrogens is 2. The molecule has 116 valence electrons. The molecule has 0 saturated heterocycles. The molecule has 20 heavy (non-hydrogen) atoms. The highest BCUT2D eigenvalue weighted by molar-refractivity contribution is 5.06. The highest BCUT2D eigenvalue weighted by atomic mass is 15.3. The van der Waals surface area contributed by atoms with Gasteiger partial charge in [-0.25, -0.2) is 0 Å². The first-order valence-electron chi connectivity index (χ1n) is 8.17. The maximum absolute atomic E-state index is 4.47. The molecule has 2 heteroatoms. The summed E-state index contributed by atoms with van der Waals surface area (Å²) in [5.41, 5.74) is 2.20. The van der Waals surface area contributed by atoms with E-state index in [-0.39, 0.29) is 0 Å². The fraction of sp³-hybridized carbons (Fsp3) is 0.833. The summed E-state index contributed by atoms with van der Waals surface area (Å²) in [5, 5.41) is 4.47. The minimum Gasteiger partial charge on any atom is -0.272 e. The van der Waals surface area contributed by atoms with Gasteiger partial charge in [0.2, 0.25) is 0 Å². The van der Waals surface area contributed by atoms with Crippen LogP contribution in [0.25, 0.3) is 0 Å². The Kier molecular flexibility index (Phi) is 6.29. The lowest BCUT2D eigenvalue weighted by molar-refractivity contribution is 0.355. The van der Waals surface area contributed by atoms with Gasteiger partial charge in [0.05, 0.1) is 6.20 Å². The van der Waals surface area contributed by atoms with Gasteiger partial charge in [-0.2, -0.15) is 5.10 Å². The van der Waals surface area contributed by atoms with Crippen molar-refractivity contribution in [3.63, 3.8) is 0 Å². The third kappa shape index (κ3) is 8.39. The van der Waals surface area contributed by atoms with Gasteiger partial charge in [0.15, 0.2) is 0 Å². The maximum Gasteiger partial charge on any atom is 0.0521 e. The van der Waals surface area contributed by atoms with Crippen molar-refractivity contribution in [1.29, 1.82) is 0 Å². The first-order chi connectivity index (χ1) is 9.16. The molecule has 0 unspecified atom stereocenters. The van der Waals surface area contributed by atoms with Gasteiger partial charge in [-0.05, 0) is 35.7 Å². The Morgan fingerprint density at radius 1 is 0.900 bits per heavy atom. The van der Waals surface area contributed by atoms with Crippen molar-refractivity contribution in [3.05, 3.63) is 18.0 Å². The van der Waals surface area contributed by atoms with Crippen molar-refractivity contribution in [1.82, 2.24) is 9.78 Å². The summed E-state index contributed by atoms with van der Waals surface area (Å²) in [7, 11) is 0. The van der Waals surface area contributed by atoms with E-state index in [1.807, 2.05) is 6.20 Å². The molecule has 1 rings (SSSR count). The quantitative estimate of drug-likeness (QED) is 0.605. The molecule has 0 aliphatic heterocycles. The Morgan fingerprint density at radius 3 is 2.15 bits per heavy atom. The van der Waals surface area contributed by atoms with Crippen molar-refractivity contribution >= 4 is 0 Å². The third-order valence-electron chi connectivity index (χ3n) is 3.49. The number of nitrogens with zero attached hydrogens (tertiary/aromatic N) is 2. The minimum atomic E-state index is 0.348. The van der Waals surface area contributed by atoms with Gasteiger partial charge in [0.1, 0.15) is 0 Å². The molecule has 0 spiro atoms. The van der Waals surface area contributed by atoms with E-state index in [2.05, 4.69) is 57.5 Å². The van der Waals surface area contributed by atoms with Crippen molar-refractivity contribution in [2.45, 2.75) is 86.6 Å². The molecule has 0 aliphatic carbocycles. The third-order valence-corrected chi connectivity index (χ3v) is 3.49. The van der Waals surface area contributed by atoms with Crippen molar-refractivity contribution in [2.24, 2.45) is 10.8 Å². The number of hydrogen-bond donors (Lipinski definition) is 0. The lowest BCUT2D eigenvalue weighted by Gasteiger charge is -2.17. The summed E-state index contributed by atoms with van der Waals surface area (Å²) in [5.74, 6) is 0. The van der Waals surface area contributed by atoms with Gasteiger partial charge in [-0.15, -0.1) is 0 Å². The van der Waals surface area contributed by atoms with E-state index < -0.39 is 0 Å². The number of aryl methyl sites for hydroxylation is 1. The van der Waals surface area contributed by atoms with E-state index in [0.29, 0.717) is 10.8 Å². The summed E-state index contributed by atoms with van der Waals surface area (Å²) in [6.07, 6.45) is 12.0. The van der Waals surface area contributed by atoms with Gasteiger partial charge in [-0.1, -0.05) is 60.8 Å². The zero-order chi connectivity index (χ0) is 15.2. The Hall–Kier alpha value is -0.790. The molecule has 0 saturated carbocycles. The molecule has 0 bridgehead atoms.